The van der Waals surface area contributed by atoms with E-state index in [0.717, 1.165) is 24.2 Å². The Morgan fingerprint density at radius 3 is 2.77 bits per heavy atom. The van der Waals surface area contributed by atoms with Crippen LogP contribution in [0.4, 0.5) is 0 Å². The standard InChI is InChI=1S/C16H20N2O4/c1-11(19)18(7-6-16(20)17-13-3-4-13)9-12-2-5-14-15(8-12)22-10-21-14/h2,5,8,13H,3-4,6-7,9-10H2,1H3,(H,17,20). The van der Waals surface area contributed by atoms with E-state index in [0.29, 0.717) is 31.3 Å². The molecule has 0 bridgehead atoms. The van der Waals surface area contributed by atoms with Crippen LogP contribution in [0, 0.1) is 0 Å². The largest absolute Gasteiger partial charge is 0.454 e. The van der Waals surface area contributed by atoms with Crippen molar-refractivity contribution in [1.82, 2.24) is 10.2 Å². The zero-order valence-electron chi connectivity index (χ0n) is 12.6. The highest BCUT2D eigenvalue weighted by Gasteiger charge is 2.23. The molecule has 1 aromatic carbocycles. The van der Waals surface area contributed by atoms with Crippen LogP contribution in [0.15, 0.2) is 18.2 Å². The number of carbonyl (C=O) groups excluding carboxylic acids is 2. The lowest BCUT2D eigenvalue weighted by Crippen LogP contribution is -2.34. The molecule has 118 valence electrons. The molecule has 1 saturated carbocycles. The number of rotatable bonds is 6. The molecule has 0 unspecified atom stereocenters. The van der Waals surface area contributed by atoms with E-state index in [1.54, 1.807) is 4.90 Å². The van der Waals surface area contributed by atoms with Crippen molar-refractivity contribution < 1.29 is 19.1 Å². The molecule has 6 heteroatoms. The minimum atomic E-state index is -0.0445. The van der Waals surface area contributed by atoms with Gasteiger partial charge in [0.05, 0.1) is 0 Å². The molecular weight excluding hydrogens is 284 g/mol. The first-order valence-electron chi connectivity index (χ1n) is 7.55. The van der Waals surface area contributed by atoms with E-state index < -0.39 is 0 Å². The molecule has 22 heavy (non-hydrogen) atoms. The van der Waals surface area contributed by atoms with Gasteiger partial charge in [0.25, 0.3) is 0 Å². The number of amides is 2. The van der Waals surface area contributed by atoms with Crippen LogP contribution in [0.3, 0.4) is 0 Å². The maximum absolute atomic E-state index is 11.8. The van der Waals surface area contributed by atoms with Gasteiger partial charge in [-0.2, -0.15) is 0 Å². The Hall–Kier alpha value is -2.24. The SMILES string of the molecule is CC(=O)N(CCC(=O)NC1CC1)Cc1ccc2c(c1)OCO2. The van der Waals surface area contributed by atoms with E-state index in [-0.39, 0.29) is 18.6 Å². The fourth-order valence-corrected chi connectivity index (χ4v) is 2.37. The van der Waals surface area contributed by atoms with Gasteiger partial charge in [-0.1, -0.05) is 6.07 Å². The van der Waals surface area contributed by atoms with E-state index in [9.17, 15) is 9.59 Å². The maximum Gasteiger partial charge on any atom is 0.231 e. The molecule has 0 atom stereocenters. The third-order valence-electron chi connectivity index (χ3n) is 3.81. The number of hydrogen-bond acceptors (Lipinski definition) is 4. The van der Waals surface area contributed by atoms with Gasteiger partial charge >= 0.3 is 0 Å². The summed E-state index contributed by atoms with van der Waals surface area (Å²) in [5.41, 5.74) is 0.960. The predicted octanol–water partition coefficient (Wildman–Crippen LogP) is 1.43. The Balaban J connectivity index is 1.56. The van der Waals surface area contributed by atoms with E-state index in [1.165, 1.54) is 6.92 Å². The third kappa shape index (κ3) is 3.69. The molecule has 1 aliphatic heterocycles. The van der Waals surface area contributed by atoms with Gasteiger partial charge in [-0.25, -0.2) is 0 Å². The highest BCUT2D eigenvalue weighted by molar-refractivity contribution is 5.78. The predicted molar refractivity (Wildman–Crippen MR) is 79.4 cm³/mol. The van der Waals surface area contributed by atoms with Crippen LogP contribution in [-0.2, 0) is 16.1 Å². The maximum atomic E-state index is 11.8. The van der Waals surface area contributed by atoms with Gasteiger partial charge in [-0.3, -0.25) is 9.59 Å². The molecule has 2 aliphatic rings. The monoisotopic (exact) mass is 304 g/mol. The molecule has 0 spiro atoms. The van der Waals surface area contributed by atoms with Crippen molar-refractivity contribution in [3.05, 3.63) is 23.8 Å². The number of benzene rings is 1. The lowest BCUT2D eigenvalue weighted by Gasteiger charge is -2.21. The molecule has 0 radical (unpaired) electrons. The highest BCUT2D eigenvalue weighted by Crippen LogP contribution is 2.32. The smallest absolute Gasteiger partial charge is 0.231 e. The van der Waals surface area contributed by atoms with Gasteiger partial charge < -0.3 is 19.7 Å². The van der Waals surface area contributed by atoms with Gasteiger partial charge in [-0.05, 0) is 30.5 Å². The van der Waals surface area contributed by atoms with Crippen LogP contribution in [0.5, 0.6) is 11.5 Å². The first kappa shape index (κ1) is 14.7. The number of carbonyl (C=O) groups is 2. The number of nitrogens with one attached hydrogen (secondary N) is 1. The Kier molecular flexibility index (Phi) is 4.18. The third-order valence-corrected chi connectivity index (χ3v) is 3.81. The molecule has 3 rings (SSSR count). The van der Waals surface area contributed by atoms with Crippen LogP contribution in [-0.4, -0.2) is 36.1 Å². The normalized spacial score (nSPS) is 15.5. The molecule has 2 amide bonds. The van der Waals surface area contributed by atoms with E-state index in [2.05, 4.69) is 5.32 Å². The van der Waals surface area contributed by atoms with Gasteiger partial charge in [0.2, 0.25) is 18.6 Å². The first-order chi connectivity index (χ1) is 10.6. The number of fused-ring (bicyclic) bond motifs is 1. The summed E-state index contributed by atoms with van der Waals surface area (Å²) in [6.07, 6.45) is 2.47. The highest BCUT2D eigenvalue weighted by atomic mass is 16.7. The average molecular weight is 304 g/mol. The van der Waals surface area contributed by atoms with Crippen molar-refractivity contribution in [1.29, 1.82) is 0 Å². The minimum Gasteiger partial charge on any atom is -0.454 e. The molecule has 1 fully saturated rings. The van der Waals surface area contributed by atoms with Crippen LogP contribution < -0.4 is 14.8 Å². The Morgan fingerprint density at radius 1 is 1.27 bits per heavy atom. The second kappa shape index (κ2) is 6.25. The molecule has 0 saturated heterocycles. The first-order valence-corrected chi connectivity index (χ1v) is 7.55. The average Bonchev–Trinajstić information content (AvgIpc) is 3.16. The minimum absolute atomic E-state index is 0.0134. The van der Waals surface area contributed by atoms with Crippen molar-refractivity contribution in [2.24, 2.45) is 0 Å². The Bertz CT molecular complexity index is 584. The zero-order chi connectivity index (χ0) is 15.5. The van der Waals surface area contributed by atoms with Crippen molar-refractivity contribution in [3.8, 4) is 11.5 Å². The molecule has 1 aromatic rings. The Labute approximate surface area is 129 Å². The number of hydrogen-bond donors (Lipinski definition) is 1. The van der Waals surface area contributed by atoms with Crippen molar-refractivity contribution in [2.75, 3.05) is 13.3 Å². The van der Waals surface area contributed by atoms with Crippen LogP contribution >= 0.6 is 0 Å². The summed E-state index contributed by atoms with van der Waals surface area (Å²) in [4.78, 5) is 25.2. The van der Waals surface area contributed by atoms with E-state index >= 15 is 0 Å². The molecular formula is C16H20N2O4. The lowest BCUT2D eigenvalue weighted by atomic mass is 10.2. The summed E-state index contributed by atoms with van der Waals surface area (Å²) in [6.45, 7) is 2.63. The zero-order valence-corrected chi connectivity index (χ0v) is 12.6. The van der Waals surface area contributed by atoms with Gasteiger partial charge in [0.15, 0.2) is 11.5 Å². The summed E-state index contributed by atoms with van der Waals surface area (Å²) in [5, 5.41) is 2.93. The van der Waals surface area contributed by atoms with Crippen molar-refractivity contribution in [2.45, 2.75) is 38.8 Å². The summed E-state index contributed by atoms with van der Waals surface area (Å²) in [7, 11) is 0. The van der Waals surface area contributed by atoms with Gasteiger partial charge in [-0.15, -0.1) is 0 Å². The molecule has 0 aromatic heterocycles. The molecule has 6 nitrogen and oxygen atoms in total. The van der Waals surface area contributed by atoms with Gasteiger partial charge in [0.1, 0.15) is 0 Å². The quantitative estimate of drug-likeness (QED) is 0.863. The lowest BCUT2D eigenvalue weighted by molar-refractivity contribution is -0.130. The van der Waals surface area contributed by atoms with Crippen LogP contribution in [0.1, 0.15) is 31.7 Å². The number of ether oxygens (including phenoxy) is 2. The van der Waals surface area contributed by atoms with Gasteiger partial charge in [0, 0.05) is 32.5 Å². The fraction of sp³-hybridized carbons (Fsp3) is 0.500. The molecule has 1 heterocycles. The second-order valence-corrected chi connectivity index (χ2v) is 5.72. The molecule has 1 N–H and O–H groups in total. The van der Waals surface area contributed by atoms with Crippen LogP contribution in [0.25, 0.3) is 0 Å². The van der Waals surface area contributed by atoms with Crippen molar-refractivity contribution >= 4 is 11.8 Å². The van der Waals surface area contributed by atoms with Crippen LogP contribution in [0.2, 0.25) is 0 Å². The van der Waals surface area contributed by atoms with E-state index in [4.69, 9.17) is 9.47 Å². The summed E-state index contributed by atoms with van der Waals surface area (Å²) in [6, 6.07) is 5.98. The molecule has 1 aliphatic carbocycles. The van der Waals surface area contributed by atoms with E-state index in [1.807, 2.05) is 18.2 Å². The topological polar surface area (TPSA) is 67.9 Å². The van der Waals surface area contributed by atoms with Crippen molar-refractivity contribution in [3.63, 3.8) is 0 Å². The Morgan fingerprint density at radius 2 is 2.05 bits per heavy atom. The fourth-order valence-electron chi connectivity index (χ4n) is 2.37. The summed E-state index contributed by atoms with van der Waals surface area (Å²) in [5.74, 6) is 1.39. The summed E-state index contributed by atoms with van der Waals surface area (Å²) < 4.78 is 10.6. The summed E-state index contributed by atoms with van der Waals surface area (Å²) >= 11 is 0. The number of nitrogens with zero attached hydrogens (tertiary/aromatic N) is 1. The second-order valence-electron chi connectivity index (χ2n) is 5.72.